The standard InChI is InChI=1S/C23H23NO5/c1-3-24(21-10-6-8-17-7-4-5-9-20(17)21)22(25)15-29-23(26)16-28-19-13-11-18(27-2)12-14-19/h4-14H,3,15-16H2,1-2H3. The molecule has 0 saturated carbocycles. The van der Waals surface area contributed by atoms with Crippen LogP contribution in [0.15, 0.2) is 66.7 Å². The van der Waals surface area contributed by atoms with Crippen molar-refractivity contribution in [2.75, 3.05) is 31.8 Å². The highest BCUT2D eigenvalue weighted by molar-refractivity contribution is 6.04. The van der Waals surface area contributed by atoms with E-state index in [9.17, 15) is 9.59 Å². The third-order valence-corrected chi connectivity index (χ3v) is 4.45. The van der Waals surface area contributed by atoms with Crippen molar-refractivity contribution in [1.82, 2.24) is 0 Å². The largest absolute Gasteiger partial charge is 0.497 e. The molecule has 0 saturated heterocycles. The van der Waals surface area contributed by atoms with Crippen LogP contribution in [0.5, 0.6) is 11.5 Å². The van der Waals surface area contributed by atoms with Gasteiger partial charge in [0.25, 0.3) is 5.91 Å². The van der Waals surface area contributed by atoms with E-state index in [1.165, 1.54) is 0 Å². The maximum atomic E-state index is 12.7. The summed E-state index contributed by atoms with van der Waals surface area (Å²) in [4.78, 5) is 26.2. The van der Waals surface area contributed by atoms with Crippen molar-refractivity contribution in [3.05, 3.63) is 66.7 Å². The topological polar surface area (TPSA) is 65.1 Å². The van der Waals surface area contributed by atoms with Crippen LogP contribution in [-0.2, 0) is 14.3 Å². The van der Waals surface area contributed by atoms with E-state index >= 15 is 0 Å². The Kier molecular flexibility index (Phi) is 6.68. The molecular formula is C23H23NO5. The van der Waals surface area contributed by atoms with E-state index in [-0.39, 0.29) is 19.1 Å². The van der Waals surface area contributed by atoms with E-state index < -0.39 is 5.97 Å². The van der Waals surface area contributed by atoms with Crippen molar-refractivity contribution in [2.45, 2.75) is 6.92 Å². The van der Waals surface area contributed by atoms with Gasteiger partial charge in [0.2, 0.25) is 0 Å². The predicted molar refractivity (Wildman–Crippen MR) is 111 cm³/mol. The minimum absolute atomic E-state index is 0.278. The molecular weight excluding hydrogens is 370 g/mol. The molecule has 3 aromatic carbocycles. The van der Waals surface area contributed by atoms with E-state index in [4.69, 9.17) is 14.2 Å². The lowest BCUT2D eigenvalue weighted by Crippen LogP contribution is -2.35. The Labute approximate surface area is 169 Å². The number of methoxy groups -OCH3 is 1. The zero-order chi connectivity index (χ0) is 20.6. The zero-order valence-electron chi connectivity index (χ0n) is 16.5. The zero-order valence-corrected chi connectivity index (χ0v) is 16.5. The van der Waals surface area contributed by atoms with Crippen LogP contribution in [0.2, 0.25) is 0 Å². The fourth-order valence-electron chi connectivity index (χ4n) is 3.00. The Hall–Kier alpha value is -3.54. The van der Waals surface area contributed by atoms with Gasteiger partial charge in [-0.25, -0.2) is 4.79 Å². The van der Waals surface area contributed by atoms with Gasteiger partial charge in [-0.3, -0.25) is 4.79 Å². The highest BCUT2D eigenvalue weighted by atomic mass is 16.6. The molecule has 150 valence electrons. The van der Waals surface area contributed by atoms with Crippen LogP contribution >= 0.6 is 0 Å². The van der Waals surface area contributed by atoms with E-state index in [1.807, 2.05) is 49.4 Å². The number of amides is 1. The molecule has 0 aliphatic rings. The van der Waals surface area contributed by atoms with E-state index in [1.54, 1.807) is 36.3 Å². The molecule has 3 rings (SSSR count). The summed E-state index contributed by atoms with van der Waals surface area (Å²) in [6.45, 7) is 1.73. The number of hydrogen-bond donors (Lipinski definition) is 0. The molecule has 0 bridgehead atoms. The number of anilines is 1. The first-order valence-corrected chi connectivity index (χ1v) is 9.33. The summed E-state index contributed by atoms with van der Waals surface area (Å²) >= 11 is 0. The number of fused-ring (bicyclic) bond motifs is 1. The highest BCUT2D eigenvalue weighted by Gasteiger charge is 2.18. The van der Waals surface area contributed by atoms with Gasteiger partial charge in [0.1, 0.15) is 11.5 Å². The summed E-state index contributed by atoms with van der Waals surface area (Å²) in [6, 6.07) is 20.5. The van der Waals surface area contributed by atoms with Crippen LogP contribution in [0, 0.1) is 0 Å². The van der Waals surface area contributed by atoms with Gasteiger partial charge >= 0.3 is 5.97 Å². The lowest BCUT2D eigenvalue weighted by atomic mass is 10.1. The lowest BCUT2D eigenvalue weighted by Gasteiger charge is -2.22. The number of carbonyl (C=O) groups excluding carboxylic acids is 2. The van der Waals surface area contributed by atoms with Gasteiger partial charge in [0.05, 0.1) is 12.8 Å². The molecule has 0 fully saturated rings. The number of rotatable bonds is 8. The van der Waals surface area contributed by atoms with Crippen molar-refractivity contribution in [1.29, 1.82) is 0 Å². The van der Waals surface area contributed by atoms with Crippen molar-refractivity contribution in [3.8, 4) is 11.5 Å². The summed E-state index contributed by atoms with van der Waals surface area (Å²) in [5, 5.41) is 2.01. The Morgan fingerprint density at radius 2 is 1.55 bits per heavy atom. The van der Waals surface area contributed by atoms with E-state index in [2.05, 4.69) is 0 Å². The molecule has 0 aliphatic heterocycles. The number of likely N-dealkylation sites (N-methyl/N-ethyl adjacent to an activating group) is 1. The normalized spacial score (nSPS) is 10.4. The average Bonchev–Trinajstić information content (AvgIpc) is 2.77. The minimum Gasteiger partial charge on any atom is -0.497 e. The van der Waals surface area contributed by atoms with Gasteiger partial charge in [-0.2, -0.15) is 0 Å². The Bertz CT molecular complexity index is 979. The molecule has 1 amide bonds. The summed E-state index contributed by atoms with van der Waals surface area (Å²) in [5.74, 6) is 0.309. The smallest absolute Gasteiger partial charge is 0.344 e. The molecule has 29 heavy (non-hydrogen) atoms. The van der Waals surface area contributed by atoms with Crippen molar-refractivity contribution < 1.29 is 23.8 Å². The minimum atomic E-state index is -0.608. The van der Waals surface area contributed by atoms with Crippen molar-refractivity contribution >= 4 is 28.3 Å². The first-order chi connectivity index (χ1) is 14.1. The quantitative estimate of drug-likeness (QED) is 0.545. The number of nitrogens with zero attached hydrogens (tertiary/aromatic N) is 1. The second-order valence-corrected chi connectivity index (χ2v) is 6.26. The molecule has 0 unspecified atom stereocenters. The Morgan fingerprint density at radius 1 is 0.862 bits per heavy atom. The summed E-state index contributed by atoms with van der Waals surface area (Å²) < 4.78 is 15.5. The monoisotopic (exact) mass is 393 g/mol. The maximum Gasteiger partial charge on any atom is 0.344 e. The molecule has 0 aromatic heterocycles. The first-order valence-electron chi connectivity index (χ1n) is 9.33. The molecule has 0 spiro atoms. The van der Waals surface area contributed by atoms with Crippen LogP contribution in [0.1, 0.15) is 6.92 Å². The molecule has 0 aliphatic carbocycles. The summed E-state index contributed by atoms with van der Waals surface area (Å²) in [7, 11) is 1.57. The van der Waals surface area contributed by atoms with Crippen LogP contribution < -0.4 is 14.4 Å². The van der Waals surface area contributed by atoms with Gasteiger partial charge in [-0.05, 0) is 42.6 Å². The van der Waals surface area contributed by atoms with Gasteiger partial charge in [-0.15, -0.1) is 0 Å². The molecule has 0 atom stereocenters. The second-order valence-electron chi connectivity index (χ2n) is 6.26. The van der Waals surface area contributed by atoms with Crippen LogP contribution in [0.25, 0.3) is 10.8 Å². The molecule has 0 radical (unpaired) electrons. The summed E-state index contributed by atoms with van der Waals surface area (Å²) in [5.41, 5.74) is 0.793. The van der Waals surface area contributed by atoms with Crippen molar-refractivity contribution in [2.24, 2.45) is 0 Å². The van der Waals surface area contributed by atoms with Gasteiger partial charge in [-0.1, -0.05) is 36.4 Å². The number of carbonyl (C=O) groups is 2. The van der Waals surface area contributed by atoms with E-state index in [0.29, 0.717) is 18.0 Å². The summed E-state index contributed by atoms with van der Waals surface area (Å²) in [6.07, 6.45) is 0. The van der Waals surface area contributed by atoms with Crippen LogP contribution in [0.3, 0.4) is 0 Å². The predicted octanol–water partition coefficient (Wildman–Crippen LogP) is 3.82. The second kappa shape index (κ2) is 9.59. The van der Waals surface area contributed by atoms with Gasteiger partial charge in [0.15, 0.2) is 13.2 Å². The number of hydrogen-bond acceptors (Lipinski definition) is 5. The van der Waals surface area contributed by atoms with Gasteiger partial charge in [0, 0.05) is 11.9 Å². The highest BCUT2D eigenvalue weighted by Crippen LogP contribution is 2.26. The number of benzene rings is 3. The molecule has 3 aromatic rings. The Morgan fingerprint density at radius 3 is 2.28 bits per heavy atom. The molecule has 0 heterocycles. The van der Waals surface area contributed by atoms with Crippen LogP contribution in [-0.4, -0.2) is 38.7 Å². The van der Waals surface area contributed by atoms with Gasteiger partial charge < -0.3 is 19.1 Å². The number of ether oxygens (including phenoxy) is 3. The fourth-order valence-corrected chi connectivity index (χ4v) is 3.00. The third-order valence-electron chi connectivity index (χ3n) is 4.45. The van der Waals surface area contributed by atoms with Crippen molar-refractivity contribution in [3.63, 3.8) is 0 Å². The first kappa shape index (κ1) is 20.2. The maximum absolute atomic E-state index is 12.7. The fraction of sp³-hybridized carbons (Fsp3) is 0.217. The third kappa shape index (κ3) is 5.04. The Balaban J connectivity index is 1.57. The number of esters is 1. The molecule has 6 nitrogen and oxygen atoms in total. The molecule has 6 heteroatoms. The van der Waals surface area contributed by atoms with Crippen LogP contribution in [0.4, 0.5) is 5.69 Å². The average molecular weight is 393 g/mol. The SMILES string of the molecule is CCN(C(=O)COC(=O)COc1ccc(OC)cc1)c1cccc2ccccc12. The van der Waals surface area contributed by atoms with E-state index in [0.717, 1.165) is 16.5 Å². The lowest BCUT2D eigenvalue weighted by molar-refractivity contribution is -0.149. The molecule has 0 N–H and O–H groups in total.